The molecule has 0 bridgehead atoms. The fourth-order valence-corrected chi connectivity index (χ4v) is 0.279. The molecule has 7 nitrogen and oxygen atoms in total. The van der Waals surface area contributed by atoms with Gasteiger partial charge in [0.05, 0.1) is 0 Å². The van der Waals surface area contributed by atoms with E-state index in [9.17, 15) is 0 Å². The average molecular weight is 261 g/mol. The molecule has 0 atom stereocenters. The van der Waals surface area contributed by atoms with E-state index in [1.807, 2.05) is 7.05 Å². The van der Waals surface area contributed by atoms with Crippen molar-refractivity contribution < 1.29 is 42.3 Å². The maximum absolute atomic E-state index is 9.10. The van der Waals surface area contributed by atoms with E-state index in [0.29, 0.717) is 0 Å². The van der Waals surface area contributed by atoms with Gasteiger partial charge in [0.25, 0.3) is 0 Å². The molecule has 0 fully saturated rings. The number of carboxylic acid groups (broad SMARTS) is 2. The maximum Gasteiger partial charge on any atom is 2.00 e. The monoisotopic (exact) mass is 260 g/mol. The van der Waals surface area contributed by atoms with Gasteiger partial charge in [0.2, 0.25) is 0 Å². The molecular weight excluding hydrogens is 244 g/mol. The van der Waals surface area contributed by atoms with E-state index in [1.54, 1.807) is 0 Å². The van der Waals surface area contributed by atoms with Gasteiger partial charge in [-0.05, 0) is 26.6 Å². The van der Waals surface area contributed by atoms with Crippen LogP contribution in [0.5, 0.6) is 0 Å². The average Bonchev–Trinajstić information content (AvgIpc) is 2.02. The number of nitrogens with two attached hydrogens (primary N) is 1. The standard InChI is InChI=1S/C4H12N2.C2H2O4.Cu.H2O/c1-6-4-2-3-5;3-1(4)2(5)6;;/h6H,2-5H2,1H3;(H,3,4)(H,5,6);;1H2/q;;+2;/p+1. The first-order valence-electron chi connectivity index (χ1n) is 3.37. The van der Waals surface area contributed by atoms with Crippen molar-refractivity contribution in [1.29, 1.82) is 0 Å². The summed E-state index contributed by atoms with van der Waals surface area (Å²) in [5, 5.41) is 17.8. The van der Waals surface area contributed by atoms with E-state index in [2.05, 4.69) is 5.32 Å². The van der Waals surface area contributed by atoms with E-state index >= 15 is 0 Å². The Bertz CT molecular complexity index is 128. The van der Waals surface area contributed by atoms with Crippen LogP contribution >= 0.6 is 0 Å². The SMILES string of the molecule is CNCCCN.O=C(O)C(=O)O.[Cu+2].[OH3+]. The Morgan fingerprint density at radius 2 is 1.64 bits per heavy atom. The normalized spacial score (nSPS) is 7.00. The van der Waals surface area contributed by atoms with Gasteiger partial charge in [-0.1, -0.05) is 0 Å². The van der Waals surface area contributed by atoms with Gasteiger partial charge >= 0.3 is 29.0 Å². The minimum absolute atomic E-state index is 0. The predicted molar refractivity (Wildman–Crippen MR) is 47.7 cm³/mol. The number of rotatable bonds is 3. The Morgan fingerprint density at radius 3 is 1.71 bits per heavy atom. The van der Waals surface area contributed by atoms with Crippen LogP contribution < -0.4 is 11.1 Å². The van der Waals surface area contributed by atoms with E-state index in [-0.39, 0.29) is 22.5 Å². The van der Waals surface area contributed by atoms with Gasteiger partial charge in [0.1, 0.15) is 0 Å². The quantitative estimate of drug-likeness (QED) is 0.196. The first-order chi connectivity index (χ1) is 5.56. The van der Waals surface area contributed by atoms with Crippen molar-refractivity contribution in [3.63, 3.8) is 0 Å². The van der Waals surface area contributed by atoms with Gasteiger partial charge in [0, 0.05) is 0 Å². The largest absolute Gasteiger partial charge is 2.00 e. The van der Waals surface area contributed by atoms with Crippen molar-refractivity contribution in [1.82, 2.24) is 5.32 Å². The molecule has 0 rings (SSSR count). The zero-order chi connectivity index (χ0) is 9.98. The zero-order valence-electron chi connectivity index (χ0n) is 7.79. The van der Waals surface area contributed by atoms with E-state index in [4.69, 9.17) is 25.5 Å². The molecule has 0 heterocycles. The first-order valence-corrected chi connectivity index (χ1v) is 3.37. The second-order valence-corrected chi connectivity index (χ2v) is 1.86. The number of carboxylic acids is 2. The Kier molecular flexibility index (Phi) is 30.3. The molecule has 0 aliphatic carbocycles. The molecule has 0 unspecified atom stereocenters. The molecular formula is C6H17CuN2O5+3. The predicted octanol–water partition coefficient (Wildman–Crippen LogP) is -2.21. The minimum Gasteiger partial charge on any atom is -0.473 e. The van der Waals surface area contributed by atoms with Crippen molar-refractivity contribution >= 4 is 11.9 Å². The van der Waals surface area contributed by atoms with Gasteiger partial charge in [-0.25, -0.2) is 9.59 Å². The van der Waals surface area contributed by atoms with Crippen molar-refractivity contribution in [2.75, 3.05) is 20.1 Å². The van der Waals surface area contributed by atoms with Crippen molar-refractivity contribution in [2.45, 2.75) is 6.42 Å². The summed E-state index contributed by atoms with van der Waals surface area (Å²) in [6, 6.07) is 0. The molecule has 0 aromatic carbocycles. The fraction of sp³-hybridized carbons (Fsp3) is 0.667. The van der Waals surface area contributed by atoms with Gasteiger partial charge in [0.15, 0.2) is 0 Å². The van der Waals surface area contributed by atoms with Gasteiger partial charge < -0.3 is 26.7 Å². The Hall–Kier alpha value is -0.661. The summed E-state index contributed by atoms with van der Waals surface area (Å²) in [7, 11) is 1.93. The smallest absolute Gasteiger partial charge is 0.473 e. The number of hydrogen-bond donors (Lipinski definition) is 4. The van der Waals surface area contributed by atoms with Crippen LogP contribution in [-0.2, 0) is 32.1 Å². The maximum atomic E-state index is 9.10. The van der Waals surface area contributed by atoms with E-state index < -0.39 is 11.9 Å². The molecule has 0 aromatic heterocycles. The summed E-state index contributed by atoms with van der Waals surface area (Å²) in [5.41, 5.74) is 5.17. The molecule has 0 spiro atoms. The molecule has 0 aliphatic heterocycles. The van der Waals surface area contributed by atoms with E-state index in [0.717, 1.165) is 19.5 Å². The Morgan fingerprint density at radius 1 is 1.29 bits per heavy atom. The minimum atomic E-state index is -1.82. The van der Waals surface area contributed by atoms with Crippen LogP contribution in [0.4, 0.5) is 0 Å². The van der Waals surface area contributed by atoms with Gasteiger partial charge in [-0.3, -0.25) is 0 Å². The molecule has 0 aliphatic rings. The van der Waals surface area contributed by atoms with Crippen LogP contribution in [0, 0.1) is 0 Å². The van der Waals surface area contributed by atoms with Crippen LogP contribution in [0.15, 0.2) is 0 Å². The van der Waals surface area contributed by atoms with Crippen LogP contribution in [0.25, 0.3) is 0 Å². The first kappa shape index (κ1) is 23.3. The summed E-state index contributed by atoms with van der Waals surface area (Å²) in [4.78, 5) is 18.2. The number of carbonyl (C=O) groups is 2. The molecule has 0 amide bonds. The van der Waals surface area contributed by atoms with Crippen molar-refractivity contribution in [2.24, 2.45) is 5.73 Å². The summed E-state index contributed by atoms with van der Waals surface area (Å²) in [5.74, 6) is -3.65. The number of aliphatic carboxylic acids is 2. The third kappa shape index (κ3) is 30.2. The fourth-order valence-electron chi connectivity index (χ4n) is 0.279. The number of nitrogens with one attached hydrogen (secondary N) is 1. The summed E-state index contributed by atoms with van der Waals surface area (Å²) in [6.07, 6.45) is 1.08. The molecule has 8 N–H and O–H groups in total. The second-order valence-electron chi connectivity index (χ2n) is 1.86. The van der Waals surface area contributed by atoms with E-state index in [1.165, 1.54) is 0 Å². The molecule has 0 saturated heterocycles. The summed E-state index contributed by atoms with van der Waals surface area (Å²) >= 11 is 0. The van der Waals surface area contributed by atoms with Crippen LogP contribution in [-0.4, -0.2) is 42.3 Å². The van der Waals surface area contributed by atoms with Crippen molar-refractivity contribution in [3.8, 4) is 0 Å². The number of hydrogen-bond acceptors (Lipinski definition) is 4. The molecule has 0 aromatic rings. The molecule has 89 valence electrons. The van der Waals surface area contributed by atoms with Crippen LogP contribution in [0.2, 0.25) is 0 Å². The Balaban J connectivity index is -0.0000000625. The van der Waals surface area contributed by atoms with Crippen LogP contribution in [0.3, 0.4) is 0 Å². The summed E-state index contributed by atoms with van der Waals surface area (Å²) < 4.78 is 0. The molecule has 0 saturated carbocycles. The molecule has 1 radical (unpaired) electrons. The van der Waals surface area contributed by atoms with Gasteiger partial charge in [-0.15, -0.1) is 0 Å². The van der Waals surface area contributed by atoms with Crippen LogP contribution in [0.1, 0.15) is 6.42 Å². The topological polar surface area (TPSA) is 146 Å². The Labute approximate surface area is 92.4 Å². The van der Waals surface area contributed by atoms with Crippen molar-refractivity contribution in [3.05, 3.63) is 0 Å². The zero-order valence-corrected chi connectivity index (χ0v) is 8.73. The second kappa shape index (κ2) is 18.2. The molecule has 14 heavy (non-hydrogen) atoms. The molecule has 8 heteroatoms. The van der Waals surface area contributed by atoms with Gasteiger partial charge in [-0.2, -0.15) is 0 Å². The summed E-state index contributed by atoms with van der Waals surface area (Å²) in [6.45, 7) is 1.83. The third-order valence-corrected chi connectivity index (χ3v) is 0.814. The third-order valence-electron chi connectivity index (χ3n) is 0.814.